The van der Waals surface area contributed by atoms with E-state index in [-0.39, 0.29) is 5.75 Å². The van der Waals surface area contributed by atoms with Crippen molar-refractivity contribution in [3.63, 3.8) is 0 Å². The van der Waals surface area contributed by atoms with Gasteiger partial charge in [0, 0.05) is 18.5 Å². The third kappa shape index (κ3) is 2.31. The van der Waals surface area contributed by atoms with Crippen LogP contribution in [0.5, 0.6) is 11.5 Å². The van der Waals surface area contributed by atoms with Gasteiger partial charge >= 0.3 is 5.97 Å². The lowest BCUT2D eigenvalue weighted by Gasteiger charge is -2.21. The molecule has 0 fully saturated rings. The molecule has 0 bridgehead atoms. The number of nitrogens with zero attached hydrogens (tertiary/aromatic N) is 3. The fraction of sp³-hybridized carbons (Fsp3) is 0.357. The smallest absolute Gasteiger partial charge is 0.308 e. The molecule has 1 unspecified atom stereocenters. The molecule has 0 aliphatic carbocycles. The summed E-state index contributed by atoms with van der Waals surface area (Å²) < 4.78 is 6.82. The first kappa shape index (κ1) is 13.4. The van der Waals surface area contributed by atoms with Gasteiger partial charge in [-0.1, -0.05) is 0 Å². The van der Waals surface area contributed by atoms with E-state index in [1.54, 1.807) is 18.2 Å². The monoisotopic (exact) mass is 289 g/mol. The number of methoxy groups -OCH3 is 1. The number of benzene rings is 1. The van der Waals surface area contributed by atoms with Crippen LogP contribution in [0.2, 0.25) is 0 Å². The van der Waals surface area contributed by atoms with Gasteiger partial charge in [-0.05, 0) is 24.6 Å². The van der Waals surface area contributed by atoms with Gasteiger partial charge in [-0.15, -0.1) is 10.2 Å². The Labute approximate surface area is 120 Å². The summed E-state index contributed by atoms with van der Waals surface area (Å²) in [6.07, 6.45) is 1.16. The summed E-state index contributed by atoms with van der Waals surface area (Å²) in [5.41, 5.74) is 0.679. The molecule has 1 aliphatic rings. The highest BCUT2D eigenvalue weighted by atomic mass is 16.5. The number of carboxylic acids is 1. The molecule has 0 spiro atoms. The van der Waals surface area contributed by atoms with Crippen LogP contribution in [0.4, 0.5) is 0 Å². The Morgan fingerprint density at radius 1 is 1.43 bits per heavy atom. The number of fused-ring (bicyclic) bond motifs is 1. The fourth-order valence-electron chi connectivity index (χ4n) is 2.57. The Kier molecular flexibility index (Phi) is 3.25. The molecule has 3 rings (SSSR count). The summed E-state index contributed by atoms with van der Waals surface area (Å²) in [4.78, 5) is 11.2. The van der Waals surface area contributed by atoms with Gasteiger partial charge in [0.05, 0.1) is 13.0 Å². The van der Waals surface area contributed by atoms with E-state index >= 15 is 0 Å². The van der Waals surface area contributed by atoms with E-state index in [1.807, 2.05) is 4.57 Å². The van der Waals surface area contributed by atoms with E-state index in [2.05, 4.69) is 10.2 Å². The van der Waals surface area contributed by atoms with E-state index in [9.17, 15) is 9.90 Å². The molecular weight excluding hydrogens is 274 g/mol. The third-order valence-electron chi connectivity index (χ3n) is 3.73. The van der Waals surface area contributed by atoms with Gasteiger partial charge in [-0.2, -0.15) is 0 Å². The summed E-state index contributed by atoms with van der Waals surface area (Å²) in [5.74, 6) is 0.488. The second kappa shape index (κ2) is 5.08. The van der Waals surface area contributed by atoms with Crippen LogP contribution in [-0.2, 0) is 17.8 Å². The number of phenolic OH excluding ortho intramolecular Hbond substituents is 1. The van der Waals surface area contributed by atoms with Gasteiger partial charge < -0.3 is 19.5 Å². The molecule has 2 aromatic rings. The van der Waals surface area contributed by atoms with Gasteiger partial charge in [0.2, 0.25) is 0 Å². The lowest BCUT2D eigenvalue weighted by Crippen LogP contribution is -2.27. The number of carboxylic acid groups (broad SMARTS) is 1. The van der Waals surface area contributed by atoms with E-state index in [0.29, 0.717) is 36.5 Å². The summed E-state index contributed by atoms with van der Waals surface area (Å²) in [5, 5.41) is 27.3. The number of phenols is 1. The number of rotatable bonds is 3. The molecule has 1 aromatic heterocycles. The molecule has 7 heteroatoms. The molecule has 2 N–H and O–H groups in total. The zero-order chi connectivity index (χ0) is 15.0. The van der Waals surface area contributed by atoms with Crippen LogP contribution < -0.4 is 4.74 Å². The van der Waals surface area contributed by atoms with Crippen LogP contribution in [0, 0.1) is 5.92 Å². The van der Waals surface area contributed by atoms with Crippen LogP contribution >= 0.6 is 0 Å². The topological polar surface area (TPSA) is 97.5 Å². The van der Waals surface area contributed by atoms with Crippen LogP contribution in [0.25, 0.3) is 11.4 Å². The van der Waals surface area contributed by atoms with Crippen molar-refractivity contribution >= 4 is 5.97 Å². The molecule has 0 radical (unpaired) electrons. The first-order valence-corrected chi connectivity index (χ1v) is 6.62. The highest BCUT2D eigenvalue weighted by Gasteiger charge is 2.27. The molecule has 21 heavy (non-hydrogen) atoms. The van der Waals surface area contributed by atoms with Crippen LogP contribution in [0.15, 0.2) is 18.2 Å². The van der Waals surface area contributed by atoms with E-state index in [1.165, 1.54) is 7.11 Å². The lowest BCUT2D eigenvalue weighted by molar-refractivity contribution is -0.142. The molecule has 0 amide bonds. The van der Waals surface area contributed by atoms with Crippen molar-refractivity contribution in [2.24, 2.45) is 5.92 Å². The molecule has 2 heterocycles. The predicted molar refractivity (Wildman–Crippen MR) is 73.1 cm³/mol. The molecule has 0 saturated carbocycles. The summed E-state index contributed by atoms with van der Waals surface area (Å²) in [7, 11) is 1.48. The standard InChI is InChI=1S/C14H15N3O4/c1-21-11-4-2-8(6-10(11)18)13-16-15-12-5-3-9(14(19)20)7-17(12)13/h2,4,6,9,18H,3,5,7H2,1H3,(H,19,20). The average molecular weight is 289 g/mol. The molecule has 1 atom stereocenters. The van der Waals surface area contributed by atoms with E-state index in [4.69, 9.17) is 9.84 Å². The van der Waals surface area contributed by atoms with Gasteiger partial charge in [0.1, 0.15) is 5.82 Å². The lowest BCUT2D eigenvalue weighted by atomic mass is 9.99. The molecule has 110 valence electrons. The Morgan fingerprint density at radius 3 is 2.90 bits per heavy atom. The third-order valence-corrected chi connectivity index (χ3v) is 3.73. The normalized spacial score (nSPS) is 17.3. The number of hydrogen-bond donors (Lipinski definition) is 2. The number of hydrogen-bond acceptors (Lipinski definition) is 5. The van der Waals surface area contributed by atoms with Gasteiger partial charge in [-0.3, -0.25) is 4.79 Å². The Hall–Kier alpha value is -2.57. The minimum Gasteiger partial charge on any atom is -0.504 e. The quantitative estimate of drug-likeness (QED) is 0.884. The van der Waals surface area contributed by atoms with Gasteiger partial charge in [0.15, 0.2) is 17.3 Å². The van der Waals surface area contributed by atoms with Crippen molar-refractivity contribution in [1.29, 1.82) is 0 Å². The maximum Gasteiger partial charge on any atom is 0.308 e. The van der Waals surface area contributed by atoms with Crippen molar-refractivity contribution in [2.75, 3.05) is 7.11 Å². The fourth-order valence-corrected chi connectivity index (χ4v) is 2.57. The maximum absolute atomic E-state index is 11.2. The van der Waals surface area contributed by atoms with Crippen molar-refractivity contribution in [3.8, 4) is 22.9 Å². The first-order chi connectivity index (χ1) is 10.1. The number of aryl methyl sites for hydroxylation is 1. The van der Waals surface area contributed by atoms with Crippen molar-refractivity contribution in [2.45, 2.75) is 19.4 Å². The number of aliphatic carboxylic acids is 1. The van der Waals surface area contributed by atoms with Crippen molar-refractivity contribution < 1.29 is 19.7 Å². The van der Waals surface area contributed by atoms with Crippen molar-refractivity contribution in [3.05, 3.63) is 24.0 Å². The Morgan fingerprint density at radius 2 is 2.24 bits per heavy atom. The summed E-state index contributed by atoms with van der Waals surface area (Å²) in [6.45, 7) is 0.347. The SMILES string of the molecule is COc1ccc(-c2nnc3n2CC(C(=O)O)CC3)cc1O. The van der Waals surface area contributed by atoms with Gasteiger partial charge in [-0.25, -0.2) is 0 Å². The zero-order valence-electron chi connectivity index (χ0n) is 11.5. The van der Waals surface area contributed by atoms with Gasteiger partial charge in [0.25, 0.3) is 0 Å². The average Bonchev–Trinajstić information content (AvgIpc) is 2.90. The molecule has 7 nitrogen and oxygen atoms in total. The second-order valence-corrected chi connectivity index (χ2v) is 5.01. The molecular formula is C14H15N3O4. The second-order valence-electron chi connectivity index (χ2n) is 5.01. The number of ether oxygens (including phenoxy) is 1. The number of aromatic nitrogens is 3. The minimum atomic E-state index is -0.808. The Balaban J connectivity index is 1.99. The summed E-state index contributed by atoms with van der Waals surface area (Å²) >= 11 is 0. The van der Waals surface area contributed by atoms with E-state index < -0.39 is 11.9 Å². The molecule has 1 aliphatic heterocycles. The van der Waals surface area contributed by atoms with E-state index in [0.717, 1.165) is 5.82 Å². The highest BCUT2D eigenvalue weighted by molar-refractivity contribution is 5.70. The van der Waals surface area contributed by atoms with Crippen LogP contribution in [0.1, 0.15) is 12.2 Å². The minimum absolute atomic E-state index is 0.0120. The zero-order valence-corrected chi connectivity index (χ0v) is 11.5. The summed E-state index contributed by atoms with van der Waals surface area (Å²) in [6, 6.07) is 4.95. The molecule has 1 aromatic carbocycles. The van der Waals surface area contributed by atoms with Crippen molar-refractivity contribution in [1.82, 2.24) is 14.8 Å². The first-order valence-electron chi connectivity index (χ1n) is 6.62. The van der Waals surface area contributed by atoms with Crippen LogP contribution in [0.3, 0.4) is 0 Å². The number of aromatic hydroxyl groups is 1. The Bertz CT molecular complexity index is 696. The predicted octanol–water partition coefficient (Wildman–Crippen LogP) is 1.31. The largest absolute Gasteiger partial charge is 0.504 e. The maximum atomic E-state index is 11.2. The number of carbonyl (C=O) groups is 1. The molecule has 0 saturated heterocycles. The highest BCUT2D eigenvalue weighted by Crippen LogP contribution is 2.32. The van der Waals surface area contributed by atoms with Crippen LogP contribution in [-0.4, -0.2) is 38.1 Å².